The van der Waals surface area contributed by atoms with Crippen LogP contribution in [0.4, 0.5) is 0 Å². The number of rotatable bonds is 1. The highest BCUT2D eigenvalue weighted by Crippen LogP contribution is 2.23. The minimum Gasteiger partial charge on any atom is -0.316 e. The molecular formula is C10H10ClN3. The van der Waals surface area contributed by atoms with Gasteiger partial charge >= 0.3 is 0 Å². The molecule has 0 bridgehead atoms. The Labute approximate surface area is 87.7 Å². The average Bonchev–Trinajstić information content (AvgIpc) is 2.70. The van der Waals surface area contributed by atoms with E-state index in [1.165, 1.54) is 0 Å². The largest absolute Gasteiger partial charge is 0.316 e. The fourth-order valence-electron chi connectivity index (χ4n) is 1.67. The summed E-state index contributed by atoms with van der Waals surface area (Å²) in [5, 5.41) is 12.3. The highest BCUT2D eigenvalue weighted by atomic mass is 35.5. The van der Waals surface area contributed by atoms with Crippen LogP contribution >= 0.6 is 11.6 Å². The first kappa shape index (κ1) is 9.45. The number of hydrogen-bond acceptors (Lipinski definition) is 3. The summed E-state index contributed by atoms with van der Waals surface area (Å²) in [5.41, 5.74) is 1.43. The van der Waals surface area contributed by atoms with Gasteiger partial charge in [-0.05, 0) is 25.1 Å². The Hall–Kier alpha value is -1.11. The number of pyridine rings is 1. The zero-order valence-corrected chi connectivity index (χ0v) is 8.38. The molecule has 1 aliphatic heterocycles. The predicted octanol–water partition coefficient (Wildman–Crippen LogP) is 1.68. The maximum atomic E-state index is 8.69. The predicted molar refractivity (Wildman–Crippen MR) is 54.2 cm³/mol. The highest BCUT2D eigenvalue weighted by Gasteiger charge is 2.18. The second-order valence-corrected chi connectivity index (χ2v) is 3.73. The molecule has 2 rings (SSSR count). The van der Waals surface area contributed by atoms with Gasteiger partial charge in [0, 0.05) is 18.2 Å². The lowest BCUT2D eigenvalue weighted by atomic mass is 10.0. The second kappa shape index (κ2) is 3.95. The fourth-order valence-corrected chi connectivity index (χ4v) is 1.87. The Bertz CT molecular complexity index is 377. The summed E-state index contributed by atoms with van der Waals surface area (Å²) in [7, 11) is 0. The van der Waals surface area contributed by atoms with Crippen molar-refractivity contribution in [2.24, 2.45) is 0 Å². The fraction of sp³-hybridized carbons (Fsp3) is 0.400. The summed E-state index contributed by atoms with van der Waals surface area (Å²) in [6.07, 6.45) is 1.09. The molecule has 1 aromatic rings. The standard InChI is InChI=1S/C10H10ClN3/c11-10-7(5-12)1-2-9(14-10)8-3-4-13-6-8/h1-2,8,13H,3-4,6H2. The molecular weight excluding hydrogens is 198 g/mol. The summed E-state index contributed by atoms with van der Waals surface area (Å²) in [4.78, 5) is 4.23. The Morgan fingerprint density at radius 2 is 2.43 bits per heavy atom. The Kier molecular flexibility index (Phi) is 2.67. The van der Waals surface area contributed by atoms with E-state index in [0.29, 0.717) is 16.6 Å². The number of hydrogen-bond donors (Lipinski definition) is 1. The topological polar surface area (TPSA) is 48.7 Å². The maximum Gasteiger partial charge on any atom is 0.147 e. The third-order valence-corrected chi connectivity index (χ3v) is 2.76. The van der Waals surface area contributed by atoms with Crippen LogP contribution in [0.15, 0.2) is 12.1 Å². The van der Waals surface area contributed by atoms with E-state index in [-0.39, 0.29) is 0 Å². The lowest BCUT2D eigenvalue weighted by molar-refractivity contribution is 0.735. The van der Waals surface area contributed by atoms with E-state index in [4.69, 9.17) is 16.9 Å². The first-order valence-corrected chi connectivity index (χ1v) is 4.96. The summed E-state index contributed by atoms with van der Waals surface area (Å²) >= 11 is 5.85. The molecule has 3 nitrogen and oxygen atoms in total. The molecule has 4 heteroatoms. The molecule has 1 atom stereocenters. The number of halogens is 1. The molecule has 1 unspecified atom stereocenters. The van der Waals surface area contributed by atoms with E-state index in [0.717, 1.165) is 25.2 Å². The molecule has 72 valence electrons. The van der Waals surface area contributed by atoms with E-state index in [2.05, 4.69) is 10.3 Å². The van der Waals surface area contributed by atoms with Gasteiger partial charge in [0.2, 0.25) is 0 Å². The van der Waals surface area contributed by atoms with E-state index >= 15 is 0 Å². The number of nitrogens with one attached hydrogen (secondary N) is 1. The molecule has 1 saturated heterocycles. The molecule has 1 N–H and O–H groups in total. The molecule has 1 fully saturated rings. The van der Waals surface area contributed by atoms with Gasteiger partial charge in [-0.25, -0.2) is 4.98 Å². The van der Waals surface area contributed by atoms with Gasteiger partial charge in [-0.15, -0.1) is 0 Å². The highest BCUT2D eigenvalue weighted by molar-refractivity contribution is 6.30. The quantitative estimate of drug-likeness (QED) is 0.713. The van der Waals surface area contributed by atoms with Crippen LogP contribution in [0.5, 0.6) is 0 Å². The van der Waals surface area contributed by atoms with Gasteiger partial charge in [-0.2, -0.15) is 5.26 Å². The van der Waals surface area contributed by atoms with Crippen LogP contribution in [0.1, 0.15) is 23.6 Å². The lowest BCUT2D eigenvalue weighted by Gasteiger charge is -2.07. The van der Waals surface area contributed by atoms with Crippen molar-refractivity contribution in [2.45, 2.75) is 12.3 Å². The second-order valence-electron chi connectivity index (χ2n) is 3.38. The van der Waals surface area contributed by atoms with Crippen molar-refractivity contribution in [1.82, 2.24) is 10.3 Å². The molecule has 0 radical (unpaired) electrons. The van der Waals surface area contributed by atoms with Gasteiger partial charge in [0.25, 0.3) is 0 Å². The normalized spacial score (nSPS) is 20.7. The number of nitriles is 1. The van der Waals surface area contributed by atoms with Crippen LogP contribution in [0.2, 0.25) is 5.15 Å². The summed E-state index contributed by atoms with van der Waals surface area (Å²) in [6.45, 7) is 1.99. The molecule has 1 aliphatic rings. The minimum atomic E-state index is 0.317. The van der Waals surface area contributed by atoms with Crippen LogP contribution in [0.25, 0.3) is 0 Å². The van der Waals surface area contributed by atoms with Crippen molar-refractivity contribution in [1.29, 1.82) is 5.26 Å². The molecule has 1 aromatic heterocycles. The van der Waals surface area contributed by atoms with E-state index in [1.807, 2.05) is 12.1 Å². The van der Waals surface area contributed by atoms with Gasteiger partial charge < -0.3 is 5.32 Å². The van der Waals surface area contributed by atoms with Gasteiger partial charge in [0.1, 0.15) is 11.2 Å². The zero-order valence-electron chi connectivity index (χ0n) is 7.63. The molecule has 0 amide bonds. The van der Waals surface area contributed by atoms with Crippen molar-refractivity contribution in [3.8, 4) is 6.07 Å². The van der Waals surface area contributed by atoms with Crippen LogP contribution in [0, 0.1) is 11.3 Å². The third-order valence-electron chi connectivity index (χ3n) is 2.47. The summed E-state index contributed by atoms with van der Waals surface area (Å²) in [6, 6.07) is 5.63. The van der Waals surface area contributed by atoms with Crippen molar-refractivity contribution < 1.29 is 0 Å². The first-order valence-electron chi connectivity index (χ1n) is 4.58. The van der Waals surface area contributed by atoms with Crippen LogP contribution in [0.3, 0.4) is 0 Å². The van der Waals surface area contributed by atoms with E-state index < -0.39 is 0 Å². The maximum absolute atomic E-state index is 8.69. The van der Waals surface area contributed by atoms with Crippen LogP contribution < -0.4 is 5.32 Å². The van der Waals surface area contributed by atoms with E-state index in [9.17, 15) is 0 Å². The molecule has 0 spiro atoms. The smallest absolute Gasteiger partial charge is 0.147 e. The molecule has 2 heterocycles. The van der Waals surface area contributed by atoms with Crippen molar-refractivity contribution in [2.75, 3.05) is 13.1 Å². The molecule has 14 heavy (non-hydrogen) atoms. The van der Waals surface area contributed by atoms with Crippen LogP contribution in [-0.4, -0.2) is 18.1 Å². The zero-order chi connectivity index (χ0) is 9.97. The number of aromatic nitrogens is 1. The number of nitrogens with zero attached hydrogens (tertiary/aromatic N) is 2. The van der Waals surface area contributed by atoms with Gasteiger partial charge in [0.05, 0.1) is 5.56 Å². The Morgan fingerprint density at radius 1 is 1.57 bits per heavy atom. The molecule has 0 aliphatic carbocycles. The van der Waals surface area contributed by atoms with Crippen molar-refractivity contribution in [3.63, 3.8) is 0 Å². The van der Waals surface area contributed by atoms with Crippen molar-refractivity contribution >= 4 is 11.6 Å². The van der Waals surface area contributed by atoms with Gasteiger partial charge in [-0.1, -0.05) is 11.6 Å². The Morgan fingerprint density at radius 3 is 3.00 bits per heavy atom. The first-order chi connectivity index (χ1) is 6.81. The van der Waals surface area contributed by atoms with Gasteiger partial charge in [-0.3, -0.25) is 0 Å². The Balaban J connectivity index is 2.28. The SMILES string of the molecule is N#Cc1ccc(C2CCNC2)nc1Cl. The van der Waals surface area contributed by atoms with Crippen LogP contribution in [-0.2, 0) is 0 Å². The average molecular weight is 208 g/mol. The third kappa shape index (κ3) is 1.72. The monoisotopic (exact) mass is 207 g/mol. The van der Waals surface area contributed by atoms with E-state index in [1.54, 1.807) is 6.07 Å². The van der Waals surface area contributed by atoms with Gasteiger partial charge in [0.15, 0.2) is 0 Å². The minimum absolute atomic E-state index is 0.317. The molecule has 0 aromatic carbocycles. The summed E-state index contributed by atoms with van der Waals surface area (Å²) < 4.78 is 0. The molecule has 0 saturated carbocycles. The summed E-state index contributed by atoms with van der Waals surface area (Å²) in [5.74, 6) is 0.445. The lowest BCUT2D eigenvalue weighted by Crippen LogP contribution is -2.09. The van der Waals surface area contributed by atoms with Crippen molar-refractivity contribution in [3.05, 3.63) is 28.5 Å².